The molecule has 3 amide bonds. The molecule has 3 aliphatic heterocycles. The number of nitrogen functional groups attached to an aromatic ring is 1. The van der Waals surface area contributed by atoms with Crippen LogP contribution in [0.4, 0.5) is 16.2 Å². The normalized spacial score (nSPS) is 18.3. The highest BCUT2D eigenvalue weighted by Gasteiger charge is 2.45. The summed E-state index contributed by atoms with van der Waals surface area (Å²) < 4.78 is 34.5. The molecule has 1 aromatic heterocycles. The number of unbranched alkanes of at least 4 members (excludes halogenated alkanes) is 2. The molecule has 0 spiro atoms. The second-order valence-corrected chi connectivity index (χ2v) is 17.9. The Bertz CT molecular complexity index is 2240. The number of anilines is 2. The smallest absolute Gasteiger partial charge is 0.412 e. The van der Waals surface area contributed by atoms with E-state index in [-0.39, 0.29) is 48.9 Å². The molecule has 2 saturated heterocycles. The van der Waals surface area contributed by atoms with Gasteiger partial charge < -0.3 is 44.0 Å². The van der Waals surface area contributed by atoms with Crippen LogP contribution in [0, 0.1) is 0 Å². The molecule has 2 fully saturated rings. The van der Waals surface area contributed by atoms with Gasteiger partial charge in [0.15, 0.2) is 24.5 Å². The summed E-state index contributed by atoms with van der Waals surface area (Å²) in [6.07, 6.45) is 3.45. The Kier molecular flexibility index (Phi) is 15.6. The minimum Gasteiger partial charge on any atom is -0.493 e. The van der Waals surface area contributed by atoms with Crippen molar-refractivity contribution in [1.29, 1.82) is 0 Å². The van der Waals surface area contributed by atoms with E-state index in [0.29, 0.717) is 80.9 Å². The van der Waals surface area contributed by atoms with Crippen LogP contribution in [0.2, 0.25) is 0 Å². The highest BCUT2D eigenvalue weighted by atomic mass is 35.5. The maximum Gasteiger partial charge on any atom is 0.412 e. The summed E-state index contributed by atoms with van der Waals surface area (Å²) in [6, 6.07) is 18.3. The molecular weight excluding hydrogens is 854 g/mol. The lowest BCUT2D eigenvalue weighted by Gasteiger charge is -2.33. The number of nitrogens with zero attached hydrogens (tertiary/aromatic N) is 4. The number of carbonyl (C=O) groups excluding carboxylic acids is 3. The van der Waals surface area contributed by atoms with Crippen LogP contribution in [-0.4, -0.2) is 117 Å². The van der Waals surface area contributed by atoms with Gasteiger partial charge in [-0.2, -0.15) is 0 Å². The maximum atomic E-state index is 14.2. The number of likely N-dealkylation sites (tertiary alicyclic amines) is 1. The molecule has 14 nitrogen and oxygen atoms in total. The molecule has 4 aromatic rings. The zero-order chi connectivity index (χ0) is 43.6. The summed E-state index contributed by atoms with van der Waals surface area (Å²) in [6.45, 7) is 6.28. The van der Waals surface area contributed by atoms with Crippen molar-refractivity contribution in [3.8, 4) is 17.2 Å². The fourth-order valence-electron chi connectivity index (χ4n) is 8.13. The summed E-state index contributed by atoms with van der Waals surface area (Å²) in [5.74, 6) is 2.10. The van der Waals surface area contributed by atoms with Crippen LogP contribution in [0.3, 0.4) is 0 Å². The Balaban J connectivity index is 0.908. The highest BCUT2D eigenvalue weighted by Crippen LogP contribution is 2.46. The van der Waals surface area contributed by atoms with Gasteiger partial charge in [0.05, 0.1) is 44.2 Å². The van der Waals surface area contributed by atoms with Crippen molar-refractivity contribution < 1.29 is 42.8 Å². The van der Waals surface area contributed by atoms with Crippen molar-refractivity contribution in [1.82, 2.24) is 14.8 Å². The average molecular weight is 907 g/mol. The fraction of sp³-hybridized carbons (Fsp3) is 0.422. The number of fused-ring (bicyclic) bond motifs is 3. The molecule has 0 aliphatic carbocycles. The van der Waals surface area contributed by atoms with Crippen molar-refractivity contribution >= 4 is 73.2 Å². The summed E-state index contributed by atoms with van der Waals surface area (Å²) in [7, 11) is 6.14. The van der Waals surface area contributed by atoms with Crippen LogP contribution in [0.15, 0.2) is 84.0 Å². The number of halogens is 1. The van der Waals surface area contributed by atoms with E-state index in [4.69, 9.17) is 45.8 Å². The van der Waals surface area contributed by atoms with Gasteiger partial charge in [-0.05, 0) is 65.6 Å². The van der Waals surface area contributed by atoms with Gasteiger partial charge in [0.1, 0.15) is 17.4 Å². The maximum absolute atomic E-state index is 14.2. The number of methoxy groups -OCH3 is 2. The van der Waals surface area contributed by atoms with E-state index >= 15 is 0 Å². The number of amides is 3. The number of pyridine rings is 1. The Morgan fingerprint density at radius 2 is 1.79 bits per heavy atom. The number of carbonyl (C=O) groups is 3. The van der Waals surface area contributed by atoms with Crippen LogP contribution in [0.25, 0.3) is 10.8 Å². The number of ether oxygens (including phenoxy) is 6. The minimum atomic E-state index is -0.704. The number of hydrogen-bond acceptors (Lipinski definition) is 13. The Labute approximate surface area is 374 Å². The van der Waals surface area contributed by atoms with E-state index in [0.717, 1.165) is 39.0 Å². The molecule has 3 atom stereocenters. The van der Waals surface area contributed by atoms with Gasteiger partial charge in [0.2, 0.25) is 5.91 Å². The van der Waals surface area contributed by atoms with Crippen molar-refractivity contribution in [2.24, 2.45) is 0 Å². The molecule has 0 saturated carbocycles. The zero-order valence-corrected chi connectivity index (χ0v) is 37.3. The predicted octanol–water partition coefficient (Wildman–Crippen LogP) is 8.12. The van der Waals surface area contributed by atoms with Crippen LogP contribution in [-0.2, 0) is 19.0 Å². The molecule has 2 N–H and O–H groups in total. The zero-order valence-electron chi connectivity index (χ0n) is 34.9. The van der Waals surface area contributed by atoms with E-state index in [1.165, 1.54) is 22.8 Å². The second kappa shape index (κ2) is 21.5. The van der Waals surface area contributed by atoms with Crippen LogP contribution in [0.1, 0.15) is 53.9 Å². The molecule has 4 heterocycles. The van der Waals surface area contributed by atoms with Crippen molar-refractivity contribution in [2.75, 3.05) is 82.7 Å². The first-order valence-electron chi connectivity index (χ1n) is 20.6. The van der Waals surface area contributed by atoms with Crippen LogP contribution < -0.4 is 24.8 Å². The van der Waals surface area contributed by atoms with E-state index in [2.05, 4.69) is 11.6 Å². The first-order chi connectivity index (χ1) is 30.2. The van der Waals surface area contributed by atoms with E-state index in [9.17, 15) is 14.4 Å². The summed E-state index contributed by atoms with van der Waals surface area (Å²) in [5.41, 5.74) is 9.71. The number of nitrogens with two attached hydrogens (primary N) is 1. The van der Waals surface area contributed by atoms with Gasteiger partial charge in [0.25, 0.3) is 5.91 Å². The molecule has 330 valence electrons. The fourth-order valence-corrected chi connectivity index (χ4v) is 10.1. The van der Waals surface area contributed by atoms with Gasteiger partial charge in [-0.3, -0.25) is 14.5 Å². The first kappa shape index (κ1) is 45.2. The quantitative estimate of drug-likeness (QED) is 0.0241. The van der Waals surface area contributed by atoms with Gasteiger partial charge in [-0.15, -0.1) is 11.6 Å². The number of hydrogen-bond donors (Lipinski definition) is 1. The molecule has 62 heavy (non-hydrogen) atoms. The van der Waals surface area contributed by atoms with E-state index < -0.39 is 18.4 Å². The summed E-state index contributed by atoms with van der Waals surface area (Å²) in [4.78, 5) is 50.3. The number of benzene rings is 3. The van der Waals surface area contributed by atoms with Crippen molar-refractivity contribution in [2.45, 2.75) is 55.3 Å². The number of alkyl halides is 1. The molecule has 0 bridgehead atoms. The third-order valence-electron chi connectivity index (χ3n) is 11.0. The Morgan fingerprint density at radius 1 is 0.968 bits per heavy atom. The van der Waals surface area contributed by atoms with E-state index in [1.807, 2.05) is 53.4 Å². The average Bonchev–Trinajstić information content (AvgIpc) is 4.04. The van der Waals surface area contributed by atoms with E-state index in [1.54, 1.807) is 41.1 Å². The summed E-state index contributed by atoms with van der Waals surface area (Å²) in [5, 5.41) is 2.86. The number of rotatable bonds is 19. The molecule has 3 aromatic carbocycles. The lowest BCUT2D eigenvalue weighted by molar-refractivity contribution is -0.118. The highest BCUT2D eigenvalue weighted by molar-refractivity contribution is 8.76. The standard InChI is InChI=1S/C45H52ClN5O9S2/c1-29-21-36(44-49(16-18-58-44)45(54)59-19-20-61-62-40-13-8-9-15-48-40)51(26-29)43(53)33-22-38(56-3)39(23-34(33)47)57-17-10-4-5-14-41(52)50-27-30(25-46)42-32-12-7-6-11-31(32)37(24-35(42)50)60-28-55-2/h6-9,11-13,15,22-24,30,36,44H,1,4-5,10,14,16-21,25-28,47H2,2-3H3/t30-,36+,44?/m1/s1. The molecule has 0 radical (unpaired) electrons. The SMILES string of the molecule is C=C1C[C@@H](C2OCCN2C(=O)OCCSSc2ccccn2)N(C(=O)c2cc(OC)c(OCCCCCC(=O)N3C[C@@H](CCl)c4c3cc(OCOC)c3ccccc43)cc2N)C1. The molecule has 3 aliphatic rings. The minimum absolute atomic E-state index is 0.0104. The lowest BCUT2D eigenvalue weighted by atomic mass is 9.95. The molecule has 17 heteroatoms. The van der Waals surface area contributed by atoms with Gasteiger partial charge in [-0.25, -0.2) is 9.78 Å². The second-order valence-electron chi connectivity index (χ2n) is 15.1. The third-order valence-corrected chi connectivity index (χ3v) is 13.6. The molecule has 7 rings (SSSR count). The molecular formula is C45H52ClN5O9S2. The van der Waals surface area contributed by atoms with Gasteiger partial charge in [0, 0.05) is 73.6 Å². The predicted molar refractivity (Wildman–Crippen MR) is 243 cm³/mol. The monoisotopic (exact) mass is 905 g/mol. The number of aromatic nitrogens is 1. The summed E-state index contributed by atoms with van der Waals surface area (Å²) >= 11 is 6.44. The van der Waals surface area contributed by atoms with Crippen LogP contribution in [0.5, 0.6) is 17.2 Å². The topological polar surface area (TPSA) is 155 Å². The van der Waals surface area contributed by atoms with Gasteiger partial charge in [-0.1, -0.05) is 53.3 Å². The Morgan fingerprint density at radius 3 is 2.56 bits per heavy atom. The Hall–Kier alpha value is -4.87. The molecule has 1 unspecified atom stereocenters. The largest absolute Gasteiger partial charge is 0.493 e. The van der Waals surface area contributed by atoms with Crippen molar-refractivity contribution in [3.05, 3.63) is 90.1 Å². The van der Waals surface area contributed by atoms with Crippen LogP contribution >= 0.6 is 33.2 Å². The lowest BCUT2D eigenvalue weighted by Crippen LogP contribution is -2.51. The van der Waals surface area contributed by atoms with Crippen molar-refractivity contribution in [3.63, 3.8) is 0 Å². The third kappa shape index (κ3) is 10.3. The van der Waals surface area contributed by atoms with Gasteiger partial charge >= 0.3 is 6.09 Å². The first-order valence-corrected chi connectivity index (χ1v) is 23.4.